The molecule has 4 N–H and O–H groups in total. The zero-order valence-electron chi connectivity index (χ0n) is 20.4. The van der Waals surface area contributed by atoms with Crippen molar-refractivity contribution >= 4 is 22.8 Å². The van der Waals surface area contributed by atoms with Crippen molar-refractivity contribution in [3.05, 3.63) is 70.9 Å². The summed E-state index contributed by atoms with van der Waals surface area (Å²) in [5, 5.41) is 20.7. The molecule has 1 atom stereocenters. The van der Waals surface area contributed by atoms with Crippen LogP contribution in [-0.2, 0) is 22.4 Å². The lowest BCUT2D eigenvalue weighted by molar-refractivity contribution is -0.134. The van der Waals surface area contributed by atoms with Crippen LogP contribution in [0.5, 0.6) is 11.5 Å². The topological polar surface area (TPSA) is 121 Å². The highest BCUT2D eigenvalue weighted by Gasteiger charge is 2.24. The standard InChI is InChI=1S/C23H28N2O2.C4H4O4/c1-14(2)16-6-7-19-18(13-16)17-9-10-24-20(23(17)25-19)11-15-5-8-21(26-3)22(12-15)27-4;5-3(6)1-2-4(7)8/h5-8,12-14,20,24-25H,9-11H2,1-4H3;1-2H,(H,5,6)(H,7,8)/b;2-1-. The Labute approximate surface area is 204 Å². The van der Waals surface area contributed by atoms with E-state index in [0.29, 0.717) is 18.1 Å². The van der Waals surface area contributed by atoms with Gasteiger partial charge in [0.1, 0.15) is 0 Å². The number of hydrogen-bond donors (Lipinski definition) is 4. The van der Waals surface area contributed by atoms with Gasteiger partial charge in [-0.15, -0.1) is 0 Å². The average Bonchev–Trinajstić information content (AvgIpc) is 3.22. The highest BCUT2D eigenvalue weighted by molar-refractivity contribution is 5.89. The number of aromatic amines is 1. The summed E-state index contributed by atoms with van der Waals surface area (Å²) >= 11 is 0. The first kappa shape index (κ1) is 25.8. The van der Waals surface area contributed by atoms with Gasteiger partial charge in [0, 0.05) is 28.7 Å². The van der Waals surface area contributed by atoms with Gasteiger partial charge >= 0.3 is 11.9 Å². The molecule has 4 rings (SSSR count). The zero-order chi connectivity index (χ0) is 25.5. The van der Waals surface area contributed by atoms with Crippen LogP contribution >= 0.6 is 0 Å². The Morgan fingerprint density at radius 3 is 2.31 bits per heavy atom. The van der Waals surface area contributed by atoms with Crippen LogP contribution in [0, 0.1) is 0 Å². The number of aliphatic carboxylic acids is 2. The molecule has 1 aliphatic heterocycles. The molecule has 1 unspecified atom stereocenters. The third kappa shape index (κ3) is 6.42. The number of rotatable bonds is 7. The molecule has 0 saturated heterocycles. The molecule has 0 radical (unpaired) electrons. The van der Waals surface area contributed by atoms with Crippen molar-refractivity contribution < 1.29 is 29.3 Å². The van der Waals surface area contributed by atoms with Gasteiger partial charge in [0.25, 0.3) is 0 Å². The Kier molecular flexibility index (Phi) is 8.54. The summed E-state index contributed by atoms with van der Waals surface area (Å²) in [5.74, 6) is -0.418. The van der Waals surface area contributed by atoms with Crippen molar-refractivity contribution in [2.45, 2.75) is 38.6 Å². The fourth-order valence-electron chi connectivity index (χ4n) is 4.25. The Bertz CT molecular complexity index is 1210. The number of methoxy groups -OCH3 is 2. The Hall–Kier alpha value is -3.78. The molecule has 3 aromatic rings. The SMILES string of the molecule is COc1ccc(CC2NCCc3c2[nH]c2ccc(C(C)C)cc32)cc1OC.O=C(O)/C=C\C(=O)O. The maximum atomic E-state index is 9.55. The Balaban J connectivity index is 0.000000371. The number of fused-ring (bicyclic) bond motifs is 3. The number of ether oxygens (including phenoxy) is 2. The minimum Gasteiger partial charge on any atom is -0.493 e. The molecule has 1 aromatic heterocycles. The number of carboxylic acid groups (broad SMARTS) is 2. The molecule has 0 amide bonds. The molecule has 186 valence electrons. The van der Waals surface area contributed by atoms with Crippen LogP contribution in [0.4, 0.5) is 0 Å². The summed E-state index contributed by atoms with van der Waals surface area (Å²) < 4.78 is 10.8. The number of hydrogen-bond acceptors (Lipinski definition) is 5. The summed E-state index contributed by atoms with van der Waals surface area (Å²) in [6.07, 6.45) is 3.10. The molecule has 2 heterocycles. The fraction of sp³-hybridized carbons (Fsp3) is 0.333. The number of H-pyrrole nitrogens is 1. The van der Waals surface area contributed by atoms with Crippen molar-refractivity contribution in [1.82, 2.24) is 10.3 Å². The van der Waals surface area contributed by atoms with Gasteiger partial charge in [-0.05, 0) is 66.3 Å². The van der Waals surface area contributed by atoms with Gasteiger partial charge in [-0.3, -0.25) is 0 Å². The molecule has 8 nitrogen and oxygen atoms in total. The summed E-state index contributed by atoms with van der Waals surface area (Å²) in [5.41, 5.74) is 6.67. The van der Waals surface area contributed by atoms with Crippen molar-refractivity contribution in [2.24, 2.45) is 0 Å². The minimum absolute atomic E-state index is 0.279. The third-order valence-corrected chi connectivity index (χ3v) is 6.00. The van der Waals surface area contributed by atoms with E-state index < -0.39 is 11.9 Å². The summed E-state index contributed by atoms with van der Waals surface area (Å²) in [7, 11) is 3.35. The lowest BCUT2D eigenvalue weighted by atomic mass is 9.93. The van der Waals surface area contributed by atoms with Gasteiger partial charge < -0.3 is 30.0 Å². The second kappa shape index (κ2) is 11.6. The van der Waals surface area contributed by atoms with Crippen molar-refractivity contribution in [3.8, 4) is 11.5 Å². The van der Waals surface area contributed by atoms with E-state index in [1.54, 1.807) is 14.2 Å². The molecule has 35 heavy (non-hydrogen) atoms. The first-order chi connectivity index (χ1) is 16.7. The largest absolute Gasteiger partial charge is 0.493 e. The predicted octanol–water partition coefficient (Wildman–Crippen LogP) is 4.45. The van der Waals surface area contributed by atoms with Gasteiger partial charge in [0.05, 0.1) is 20.3 Å². The van der Waals surface area contributed by atoms with E-state index >= 15 is 0 Å². The first-order valence-corrected chi connectivity index (χ1v) is 11.5. The monoisotopic (exact) mass is 480 g/mol. The van der Waals surface area contributed by atoms with E-state index in [2.05, 4.69) is 54.5 Å². The maximum Gasteiger partial charge on any atom is 0.328 e. The van der Waals surface area contributed by atoms with Crippen LogP contribution in [0.1, 0.15) is 48.2 Å². The second-order valence-corrected chi connectivity index (χ2v) is 8.64. The van der Waals surface area contributed by atoms with Crippen molar-refractivity contribution in [1.29, 1.82) is 0 Å². The first-order valence-electron chi connectivity index (χ1n) is 11.5. The fourth-order valence-corrected chi connectivity index (χ4v) is 4.25. The van der Waals surface area contributed by atoms with Gasteiger partial charge in [-0.2, -0.15) is 0 Å². The van der Waals surface area contributed by atoms with Crippen LogP contribution in [0.25, 0.3) is 10.9 Å². The van der Waals surface area contributed by atoms with Gasteiger partial charge in [-0.25, -0.2) is 9.59 Å². The number of benzene rings is 2. The molecule has 0 bridgehead atoms. The molecule has 1 aliphatic rings. The van der Waals surface area contributed by atoms with E-state index in [1.807, 2.05) is 6.07 Å². The highest BCUT2D eigenvalue weighted by atomic mass is 16.5. The molecule has 0 aliphatic carbocycles. The van der Waals surface area contributed by atoms with E-state index in [4.69, 9.17) is 19.7 Å². The molecular formula is C27H32N2O6. The van der Waals surface area contributed by atoms with Gasteiger partial charge in [0.15, 0.2) is 11.5 Å². The normalized spacial score (nSPS) is 14.9. The van der Waals surface area contributed by atoms with Gasteiger partial charge in [-0.1, -0.05) is 26.0 Å². The molecule has 8 heteroatoms. The van der Waals surface area contributed by atoms with Crippen LogP contribution in [0.2, 0.25) is 0 Å². The lowest BCUT2D eigenvalue weighted by Crippen LogP contribution is -2.31. The summed E-state index contributed by atoms with van der Waals surface area (Å²) in [4.78, 5) is 22.8. The average molecular weight is 481 g/mol. The second-order valence-electron chi connectivity index (χ2n) is 8.64. The van der Waals surface area contributed by atoms with Gasteiger partial charge in [0.2, 0.25) is 0 Å². The Morgan fingerprint density at radius 1 is 1.03 bits per heavy atom. The highest BCUT2D eigenvalue weighted by Crippen LogP contribution is 2.35. The summed E-state index contributed by atoms with van der Waals surface area (Å²) in [6.45, 7) is 5.51. The van der Waals surface area contributed by atoms with Crippen LogP contribution in [0.3, 0.4) is 0 Å². The molecule has 2 aromatic carbocycles. The minimum atomic E-state index is -1.26. The molecule has 0 saturated carbocycles. The van der Waals surface area contributed by atoms with E-state index in [9.17, 15) is 9.59 Å². The third-order valence-electron chi connectivity index (χ3n) is 6.00. The number of nitrogens with one attached hydrogen (secondary N) is 2. The summed E-state index contributed by atoms with van der Waals surface area (Å²) in [6, 6.07) is 13.3. The zero-order valence-corrected chi connectivity index (χ0v) is 20.4. The Morgan fingerprint density at radius 2 is 1.71 bits per heavy atom. The van der Waals surface area contributed by atoms with Crippen LogP contribution in [0.15, 0.2) is 48.6 Å². The van der Waals surface area contributed by atoms with E-state index in [0.717, 1.165) is 30.9 Å². The van der Waals surface area contributed by atoms with Crippen molar-refractivity contribution in [3.63, 3.8) is 0 Å². The number of carboxylic acids is 2. The maximum absolute atomic E-state index is 9.55. The molecule has 0 spiro atoms. The van der Waals surface area contributed by atoms with Crippen LogP contribution < -0.4 is 14.8 Å². The smallest absolute Gasteiger partial charge is 0.328 e. The molecule has 0 fully saturated rings. The van der Waals surface area contributed by atoms with E-state index in [-0.39, 0.29) is 6.04 Å². The number of aromatic nitrogens is 1. The molecular weight excluding hydrogens is 448 g/mol. The quantitative estimate of drug-likeness (QED) is 0.369. The van der Waals surface area contributed by atoms with Crippen molar-refractivity contribution in [2.75, 3.05) is 20.8 Å². The predicted molar refractivity (Wildman–Crippen MR) is 134 cm³/mol. The lowest BCUT2D eigenvalue weighted by Gasteiger charge is -2.25. The number of carbonyl (C=O) groups is 2. The van der Waals surface area contributed by atoms with E-state index in [1.165, 1.54) is 33.3 Å². The van der Waals surface area contributed by atoms with Crippen LogP contribution in [-0.4, -0.2) is 47.9 Å².